The lowest BCUT2D eigenvalue weighted by molar-refractivity contribution is -0.385. The van der Waals surface area contributed by atoms with Crippen molar-refractivity contribution in [2.75, 3.05) is 18.0 Å². The Balaban J connectivity index is 2.35. The van der Waals surface area contributed by atoms with Crippen LogP contribution in [0.4, 0.5) is 15.8 Å². The maximum Gasteiger partial charge on any atom is 0.274 e. The predicted molar refractivity (Wildman–Crippen MR) is 58.4 cm³/mol. The zero-order valence-electron chi connectivity index (χ0n) is 9.05. The Labute approximate surface area is 100 Å². The molecule has 1 aromatic carbocycles. The Bertz CT molecular complexity index is 530. The molecule has 7 nitrogen and oxygen atoms in total. The van der Waals surface area contributed by atoms with Crippen LogP contribution in [-0.4, -0.2) is 29.8 Å². The maximum absolute atomic E-state index is 13.2. The summed E-state index contributed by atoms with van der Waals surface area (Å²) < 4.78 is 13.2. The standard InChI is InChI=1S/C10H8FN3O4/c11-6-1-7(3-8(2-6)14(17)18)13-4-9(15)12-10(16)5-13/h1-3H,4-5H2,(H,12,15,16). The van der Waals surface area contributed by atoms with Crippen molar-refractivity contribution < 1.29 is 18.9 Å². The van der Waals surface area contributed by atoms with Crippen molar-refractivity contribution in [1.29, 1.82) is 0 Å². The molecule has 1 aromatic rings. The first kappa shape index (κ1) is 12.0. The third kappa shape index (κ3) is 2.42. The molecule has 0 atom stereocenters. The number of nitro benzene ring substituents is 1. The fraction of sp³-hybridized carbons (Fsp3) is 0.200. The van der Waals surface area contributed by atoms with Crippen molar-refractivity contribution in [1.82, 2.24) is 5.32 Å². The van der Waals surface area contributed by atoms with E-state index in [1.54, 1.807) is 0 Å². The Morgan fingerprint density at radius 3 is 2.39 bits per heavy atom. The summed E-state index contributed by atoms with van der Waals surface area (Å²) in [6.07, 6.45) is 0. The van der Waals surface area contributed by atoms with Gasteiger partial charge in [-0.2, -0.15) is 0 Å². The summed E-state index contributed by atoms with van der Waals surface area (Å²) in [6, 6.07) is 2.93. The van der Waals surface area contributed by atoms with Gasteiger partial charge in [0.25, 0.3) is 5.69 Å². The highest BCUT2D eigenvalue weighted by molar-refractivity contribution is 6.02. The van der Waals surface area contributed by atoms with E-state index >= 15 is 0 Å². The van der Waals surface area contributed by atoms with E-state index in [1.807, 2.05) is 0 Å². The van der Waals surface area contributed by atoms with Crippen LogP contribution in [0.3, 0.4) is 0 Å². The number of amides is 2. The van der Waals surface area contributed by atoms with Crippen LogP contribution in [0.1, 0.15) is 0 Å². The van der Waals surface area contributed by atoms with E-state index in [0.29, 0.717) is 0 Å². The third-order valence-corrected chi connectivity index (χ3v) is 2.39. The third-order valence-electron chi connectivity index (χ3n) is 2.39. The molecule has 18 heavy (non-hydrogen) atoms. The first-order valence-corrected chi connectivity index (χ1v) is 4.98. The number of piperazine rings is 1. The van der Waals surface area contributed by atoms with Gasteiger partial charge in [-0.15, -0.1) is 0 Å². The molecule has 0 saturated carbocycles. The van der Waals surface area contributed by atoms with E-state index in [1.165, 1.54) is 4.90 Å². The second-order valence-corrected chi connectivity index (χ2v) is 3.75. The lowest BCUT2D eigenvalue weighted by Gasteiger charge is -2.27. The van der Waals surface area contributed by atoms with E-state index in [4.69, 9.17) is 0 Å². The highest BCUT2D eigenvalue weighted by atomic mass is 19.1. The smallest absolute Gasteiger partial charge is 0.274 e. The minimum absolute atomic E-state index is 0.130. The van der Waals surface area contributed by atoms with Gasteiger partial charge < -0.3 is 4.90 Å². The molecule has 0 radical (unpaired) electrons. The molecule has 0 bridgehead atoms. The van der Waals surface area contributed by atoms with Gasteiger partial charge in [-0.3, -0.25) is 25.0 Å². The molecule has 1 aliphatic rings. The molecule has 1 heterocycles. The van der Waals surface area contributed by atoms with E-state index in [9.17, 15) is 24.1 Å². The molecule has 1 saturated heterocycles. The van der Waals surface area contributed by atoms with Gasteiger partial charge in [0, 0.05) is 11.8 Å². The largest absolute Gasteiger partial charge is 0.353 e. The monoisotopic (exact) mass is 253 g/mol. The second-order valence-electron chi connectivity index (χ2n) is 3.75. The number of hydrogen-bond acceptors (Lipinski definition) is 5. The normalized spacial score (nSPS) is 15.5. The van der Waals surface area contributed by atoms with Gasteiger partial charge in [0.05, 0.1) is 24.1 Å². The van der Waals surface area contributed by atoms with E-state index in [-0.39, 0.29) is 18.8 Å². The minimum Gasteiger partial charge on any atom is -0.353 e. The van der Waals surface area contributed by atoms with Crippen LogP contribution in [0.5, 0.6) is 0 Å². The molecule has 0 unspecified atom stereocenters. The van der Waals surface area contributed by atoms with Crippen LogP contribution in [0.15, 0.2) is 18.2 Å². The molecule has 94 valence electrons. The van der Waals surface area contributed by atoms with Gasteiger partial charge >= 0.3 is 0 Å². The molecular weight excluding hydrogens is 245 g/mol. The van der Waals surface area contributed by atoms with Gasteiger partial charge in [-0.25, -0.2) is 4.39 Å². The van der Waals surface area contributed by atoms with Crippen LogP contribution in [0.2, 0.25) is 0 Å². The number of rotatable bonds is 2. The topological polar surface area (TPSA) is 92.6 Å². The van der Waals surface area contributed by atoms with Crippen LogP contribution < -0.4 is 10.2 Å². The molecule has 1 fully saturated rings. The summed E-state index contributed by atoms with van der Waals surface area (Å²) in [5.41, 5.74) is -0.298. The van der Waals surface area contributed by atoms with Crippen molar-refractivity contribution in [2.45, 2.75) is 0 Å². The lowest BCUT2D eigenvalue weighted by Crippen LogP contribution is -2.51. The zero-order chi connectivity index (χ0) is 13.3. The fourth-order valence-corrected chi connectivity index (χ4v) is 1.67. The van der Waals surface area contributed by atoms with Gasteiger partial charge in [0.2, 0.25) is 11.8 Å². The minimum atomic E-state index is -0.794. The predicted octanol–water partition coefficient (Wildman–Crippen LogP) is 0.197. The SMILES string of the molecule is O=C1CN(c2cc(F)cc([N+](=O)[O-])c2)CC(=O)N1. The number of imide groups is 1. The van der Waals surface area contributed by atoms with Crippen LogP contribution in [0.25, 0.3) is 0 Å². The summed E-state index contributed by atoms with van der Waals surface area (Å²) >= 11 is 0. The number of carbonyl (C=O) groups is 2. The lowest BCUT2D eigenvalue weighted by atomic mass is 10.2. The number of halogens is 1. The number of nitro groups is 1. The Hall–Kier alpha value is -2.51. The van der Waals surface area contributed by atoms with Crippen molar-refractivity contribution in [3.05, 3.63) is 34.1 Å². The Morgan fingerprint density at radius 2 is 1.83 bits per heavy atom. The Kier molecular flexibility index (Phi) is 2.92. The number of carbonyl (C=O) groups excluding carboxylic acids is 2. The van der Waals surface area contributed by atoms with E-state index in [2.05, 4.69) is 5.32 Å². The average Bonchev–Trinajstić information content (AvgIpc) is 2.26. The van der Waals surface area contributed by atoms with Crippen molar-refractivity contribution in [3.63, 3.8) is 0 Å². The molecule has 2 amide bonds. The number of benzene rings is 1. The highest BCUT2D eigenvalue weighted by Gasteiger charge is 2.24. The zero-order valence-corrected chi connectivity index (χ0v) is 9.05. The van der Waals surface area contributed by atoms with Crippen molar-refractivity contribution >= 4 is 23.2 Å². The fourth-order valence-electron chi connectivity index (χ4n) is 1.67. The molecule has 0 spiro atoms. The molecule has 1 aliphatic heterocycles. The van der Waals surface area contributed by atoms with Gasteiger partial charge in [-0.05, 0) is 6.07 Å². The van der Waals surface area contributed by atoms with Crippen LogP contribution >= 0.6 is 0 Å². The number of non-ortho nitro benzene ring substituents is 1. The summed E-state index contributed by atoms with van der Waals surface area (Å²) in [6.45, 7) is -0.293. The maximum atomic E-state index is 13.2. The molecule has 0 aliphatic carbocycles. The average molecular weight is 253 g/mol. The number of hydrogen-bond donors (Lipinski definition) is 1. The Morgan fingerprint density at radius 1 is 1.22 bits per heavy atom. The summed E-state index contributed by atoms with van der Waals surface area (Å²) in [4.78, 5) is 33.4. The summed E-state index contributed by atoms with van der Waals surface area (Å²) in [7, 11) is 0. The quantitative estimate of drug-likeness (QED) is 0.461. The van der Waals surface area contributed by atoms with E-state index < -0.39 is 28.2 Å². The van der Waals surface area contributed by atoms with Crippen LogP contribution in [0, 0.1) is 15.9 Å². The van der Waals surface area contributed by atoms with Gasteiger partial charge in [0.1, 0.15) is 5.82 Å². The summed E-state index contributed by atoms with van der Waals surface area (Å²) in [5.74, 6) is -1.85. The molecular formula is C10H8FN3O4. The first-order valence-electron chi connectivity index (χ1n) is 4.98. The number of nitrogens with one attached hydrogen (secondary N) is 1. The molecule has 0 aromatic heterocycles. The van der Waals surface area contributed by atoms with Crippen molar-refractivity contribution in [2.24, 2.45) is 0 Å². The number of anilines is 1. The van der Waals surface area contributed by atoms with E-state index in [0.717, 1.165) is 18.2 Å². The highest BCUT2D eigenvalue weighted by Crippen LogP contribution is 2.23. The molecule has 1 N–H and O–H groups in total. The first-order chi connectivity index (χ1) is 8.45. The molecule has 2 rings (SSSR count). The second kappa shape index (κ2) is 4.40. The molecule has 8 heteroatoms. The van der Waals surface area contributed by atoms with Gasteiger partial charge in [-0.1, -0.05) is 0 Å². The summed E-state index contributed by atoms with van der Waals surface area (Å²) in [5, 5.41) is 12.7. The van der Waals surface area contributed by atoms with Crippen LogP contribution in [-0.2, 0) is 9.59 Å². The number of nitrogens with zero attached hydrogens (tertiary/aromatic N) is 2. The van der Waals surface area contributed by atoms with Gasteiger partial charge in [0.15, 0.2) is 0 Å². The van der Waals surface area contributed by atoms with Crippen molar-refractivity contribution in [3.8, 4) is 0 Å².